The van der Waals surface area contributed by atoms with Gasteiger partial charge < -0.3 is 4.98 Å². The van der Waals surface area contributed by atoms with E-state index in [-0.39, 0.29) is 11.7 Å². The van der Waals surface area contributed by atoms with Crippen molar-refractivity contribution in [1.82, 2.24) is 13.9 Å². The van der Waals surface area contributed by atoms with Crippen LogP contribution in [0.5, 0.6) is 0 Å². The Morgan fingerprint density at radius 1 is 1.04 bits per heavy atom. The van der Waals surface area contributed by atoms with Crippen LogP contribution in [-0.4, -0.2) is 35.4 Å². The topological polar surface area (TPSA) is 75.2 Å². The fourth-order valence-corrected chi connectivity index (χ4v) is 5.51. The second-order valence-electron chi connectivity index (χ2n) is 7.35. The Hall–Kier alpha value is -2.38. The minimum atomic E-state index is -3.50. The summed E-state index contributed by atoms with van der Waals surface area (Å²) in [6.45, 7) is 2.93. The van der Waals surface area contributed by atoms with Crippen molar-refractivity contribution in [2.45, 2.75) is 43.5 Å². The van der Waals surface area contributed by atoms with Crippen LogP contribution in [-0.2, 0) is 16.4 Å². The van der Waals surface area contributed by atoms with Crippen LogP contribution in [0, 0.1) is 0 Å². The van der Waals surface area contributed by atoms with Crippen molar-refractivity contribution >= 4 is 21.1 Å². The van der Waals surface area contributed by atoms with E-state index in [0.717, 1.165) is 29.4 Å². The number of imidazole rings is 1. The van der Waals surface area contributed by atoms with E-state index in [2.05, 4.69) is 11.9 Å². The van der Waals surface area contributed by atoms with E-state index < -0.39 is 10.0 Å². The second-order valence-corrected chi connectivity index (χ2v) is 9.28. The molecule has 0 spiro atoms. The summed E-state index contributed by atoms with van der Waals surface area (Å²) in [7, 11) is -3.50. The smallest absolute Gasteiger partial charge is 0.306 e. The maximum absolute atomic E-state index is 13.0. The molecule has 1 fully saturated rings. The first-order valence-electron chi connectivity index (χ1n) is 9.79. The molecule has 2 aromatic carbocycles. The Morgan fingerprint density at radius 3 is 2.39 bits per heavy atom. The van der Waals surface area contributed by atoms with Crippen molar-refractivity contribution in [3.8, 4) is 0 Å². The van der Waals surface area contributed by atoms with Gasteiger partial charge in [-0.2, -0.15) is 4.31 Å². The molecule has 6 nitrogen and oxygen atoms in total. The van der Waals surface area contributed by atoms with Gasteiger partial charge in [-0.25, -0.2) is 13.2 Å². The zero-order chi connectivity index (χ0) is 19.7. The number of benzene rings is 2. The van der Waals surface area contributed by atoms with Crippen LogP contribution < -0.4 is 5.69 Å². The molecule has 0 amide bonds. The summed E-state index contributed by atoms with van der Waals surface area (Å²) in [5.74, 6) is 0. The third kappa shape index (κ3) is 3.40. The predicted molar refractivity (Wildman–Crippen MR) is 110 cm³/mol. The van der Waals surface area contributed by atoms with Gasteiger partial charge in [-0.3, -0.25) is 4.57 Å². The van der Waals surface area contributed by atoms with Crippen molar-refractivity contribution in [2.75, 3.05) is 13.1 Å². The first-order valence-corrected chi connectivity index (χ1v) is 11.2. The van der Waals surface area contributed by atoms with Crippen LogP contribution in [0.1, 0.15) is 37.8 Å². The number of aromatic amines is 1. The summed E-state index contributed by atoms with van der Waals surface area (Å²) in [6, 6.07) is 14.8. The van der Waals surface area contributed by atoms with E-state index in [1.807, 2.05) is 36.4 Å². The van der Waals surface area contributed by atoms with Gasteiger partial charge in [0.15, 0.2) is 0 Å². The number of rotatable bonds is 5. The highest BCUT2D eigenvalue weighted by Gasteiger charge is 2.31. The molecule has 1 aromatic heterocycles. The van der Waals surface area contributed by atoms with Gasteiger partial charge in [0.1, 0.15) is 0 Å². The van der Waals surface area contributed by atoms with Crippen LogP contribution in [0.15, 0.2) is 58.2 Å². The molecule has 28 heavy (non-hydrogen) atoms. The molecule has 1 aliphatic rings. The van der Waals surface area contributed by atoms with Gasteiger partial charge in [0.2, 0.25) is 10.0 Å². The van der Waals surface area contributed by atoms with Crippen LogP contribution >= 0.6 is 0 Å². The third-order valence-electron chi connectivity index (χ3n) is 5.51. The maximum Gasteiger partial charge on any atom is 0.326 e. The Morgan fingerprint density at radius 2 is 1.71 bits per heavy atom. The van der Waals surface area contributed by atoms with E-state index in [0.29, 0.717) is 30.8 Å². The Labute approximate surface area is 164 Å². The summed E-state index contributed by atoms with van der Waals surface area (Å²) >= 11 is 0. The fraction of sp³-hybridized carbons (Fsp3) is 0.381. The van der Waals surface area contributed by atoms with E-state index in [1.165, 1.54) is 4.31 Å². The van der Waals surface area contributed by atoms with E-state index in [1.54, 1.807) is 16.7 Å². The van der Waals surface area contributed by atoms with Gasteiger partial charge in [0, 0.05) is 19.1 Å². The van der Waals surface area contributed by atoms with Crippen LogP contribution in [0.2, 0.25) is 0 Å². The second kappa shape index (κ2) is 7.56. The summed E-state index contributed by atoms with van der Waals surface area (Å²) in [5.41, 5.74) is 2.71. The largest absolute Gasteiger partial charge is 0.326 e. The average molecular weight is 400 g/mol. The van der Waals surface area contributed by atoms with Crippen LogP contribution in [0.4, 0.5) is 0 Å². The number of sulfonamides is 1. The first-order chi connectivity index (χ1) is 13.5. The van der Waals surface area contributed by atoms with Gasteiger partial charge >= 0.3 is 5.69 Å². The molecule has 7 heteroatoms. The molecule has 0 atom stereocenters. The van der Waals surface area contributed by atoms with Crippen molar-refractivity contribution in [1.29, 1.82) is 0 Å². The highest BCUT2D eigenvalue weighted by atomic mass is 32.2. The Balaban J connectivity index is 1.51. The minimum absolute atomic E-state index is 0.00188. The first kappa shape index (κ1) is 19.0. The van der Waals surface area contributed by atoms with E-state index in [9.17, 15) is 13.2 Å². The highest BCUT2D eigenvalue weighted by Crippen LogP contribution is 2.28. The lowest BCUT2D eigenvalue weighted by Gasteiger charge is -2.31. The maximum atomic E-state index is 13.0. The molecule has 0 unspecified atom stereocenters. The molecule has 3 aromatic rings. The predicted octanol–water partition coefficient (Wildman–Crippen LogP) is 3.31. The van der Waals surface area contributed by atoms with E-state index >= 15 is 0 Å². The molecule has 2 heterocycles. The quantitative estimate of drug-likeness (QED) is 0.715. The molecule has 4 rings (SSSR count). The molecular formula is C21H25N3O3S. The highest BCUT2D eigenvalue weighted by molar-refractivity contribution is 7.89. The third-order valence-corrected chi connectivity index (χ3v) is 7.43. The van der Waals surface area contributed by atoms with Gasteiger partial charge in [0.05, 0.1) is 15.9 Å². The van der Waals surface area contributed by atoms with Crippen molar-refractivity contribution < 1.29 is 8.42 Å². The summed E-state index contributed by atoms with van der Waals surface area (Å²) in [5, 5.41) is 0. The van der Waals surface area contributed by atoms with Crippen LogP contribution in [0.3, 0.4) is 0 Å². The number of nitrogens with one attached hydrogen (secondary N) is 1. The number of nitrogens with zero attached hydrogens (tertiary/aromatic N) is 2. The Kier molecular flexibility index (Phi) is 5.12. The zero-order valence-corrected chi connectivity index (χ0v) is 16.8. The normalized spacial score (nSPS) is 16.6. The lowest BCUT2D eigenvalue weighted by Crippen LogP contribution is -2.40. The number of hydrogen-bond donors (Lipinski definition) is 1. The number of H-pyrrole nitrogens is 1. The molecule has 0 saturated carbocycles. The molecule has 0 radical (unpaired) electrons. The lowest BCUT2D eigenvalue weighted by atomic mass is 10.1. The van der Waals surface area contributed by atoms with Gasteiger partial charge in [-0.05, 0) is 49.1 Å². The van der Waals surface area contributed by atoms with Gasteiger partial charge in [-0.15, -0.1) is 0 Å². The van der Waals surface area contributed by atoms with Gasteiger partial charge in [-0.1, -0.05) is 37.6 Å². The van der Waals surface area contributed by atoms with Crippen molar-refractivity contribution in [3.63, 3.8) is 0 Å². The molecular weight excluding hydrogens is 374 g/mol. The number of hydrogen-bond acceptors (Lipinski definition) is 3. The summed E-state index contributed by atoms with van der Waals surface area (Å²) < 4.78 is 29.3. The Bertz CT molecular complexity index is 1120. The average Bonchev–Trinajstić information content (AvgIpc) is 3.04. The monoisotopic (exact) mass is 399 g/mol. The minimum Gasteiger partial charge on any atom is -0.306 e. The van der Waals surface area contributed by atoms with Crippen molar-refractivity contribution in [3.05, 3.63) is 64.6 Å². The van der Waals surface area contributed by atoms with Crippen molar-refractivity contribution in [2.24, 2.45) is 0 Å². The molecule has 0 bridgehead atoms. The van der Waals surface area contributed by atoms with Crippen LogP contribution in [0.25, 0.3) is 11.0 Å². The molecule has 0 aliphatic carbocycles. The van der Waals surface area contributed by atoms with Gasteiger partial charge in [0.25, 0.3) is 0 Å². The summed E-state index contributed by atoms with van der Waals surface area (Å²) in [6.07, 6.45) is 3.22. The molecule has 1 saturated heterocycles. The number of aryl methyl sites for hydroxylation is 1. The van der Waals surface area contributed by atoms with E-state index in [4.69, 9.17) is 0 Å². The molecule has 1 aliphatic heterocycles. The number of piperidine rings is 1. The summed E-state index contributed by atoms with van der Waals surface area (Å²) in [4.78, 5) is 15.6. The fourth-order valence-electron chi connectivity index (χ4n) is 4.04. The number of para-hydroxylation sites is 2. The lowest BCUT2D eigenvalue weighted by molar-refractivity contribution is 0.274. The molecule has 1 N–H and O–H groups in total. The standard InChI is InChI=1S/C21H25N3O3S/c1-2-5-16-8-10-18(11-9-16)28(26,27)23-14-12-17(13-15-23)24-20-7-4-3-6-19(20)22-21(24)25/h3-4,6-11,17H,2,5,12-15H2,1H3,(H,22,25). The number of fused-ring (bicyclic) bond motifs is 1. The zero-order valence-electron chi connectivity index (χ0n) is 16.0. The SMILES string of the molecule is CCCc1ccc(S(=O)(=O)N2CCC(n3c(=O)[nH]c4ccccc43)CC2)cc1. The molecule has 148 valence electrons. The number of aromatic nitrogens is 2.